The largest absolute Gasteiger partial charge is 0.493 e. The van der Waals surface area contributed by atoms with E-state index in [9.17, 15) is 0 Å². The Balaban J connectivity index is 1.76. The van der Waals surface area contributed by atoms with Crippen molar-refractivity contribution in [1.82, 2.24) is 10.6 Å². The lowest BCUT2D eigenvalue weighted by molar-refractivity contribution is 0.296. The van der Waals surface area contributed by atoms with Crippen molar-refractivity contribution in [3.8, 4) is 5.75 Å². The highest BCUT2D eigenvalue weighted by Gasteiger charge is 2.26. The van der Waals surface area contributed by atoms with Crippen molar-refractivity contribution in [2.75, 3.05) is 19.7 Å². The highest BCUT2D eigenvalue weighted by atomic mass is 32.1. The number of ether oxygens (including phenoxy) is 1. The number of unbranched alkanes of at least 4 members (excludes halogenated alkanes) is 1. The molecule has 0 radical (unpaired) electrons. The second kappa shape index (κ2) is 13.0. The highest BCUT2D eigenvalue weighted by Crippen LogP contribution is 2.38. The number of hydrogen-bond acceptors (Lipinski definition) is 2. The van der Waals surface area contributed by atoms with Crippen LogP contribution in [0.2, 0.25) is 0 Å². The van der Waals surface area contributed by atoms with Gasteiger partial charge in [0.25, 0.3) is 0 Å². The molecule has 0 saturated heterocycles. The molecule has 3 nitrogen and oxygen atoms in total. The molecular formula is C29H44N2OS. The Bertz CT molecular complexity index is 861. The Kier molecular flexibility index (Phi) is 10.7. The van der Waals surface area contributed by atoms with Crippen molar-refractivity contribution in [2.45, 2.75) is 84.5 Å². The SMILES string of the molecule is CCC(C)(C)c1ccc(OCCCCNC(=S)NCCc2ccccc2)c(C(C)(C)CC)c1. The molecule has 2 N–H and O–H groups in total. The number of benzene rings is 2. The Labute approximate surface area is 207 Å². The standard InChI is InChI=1S/C29H44N2OS/c1-7-28(3,4)24-16-17-26(25(22-24)29(5,6)8-2)32-21-13-12-19-30-27(33)31-20-18-23-14-10-9-11-15-23/h9-11,14-17,22H,7-8,12-13,18-21H2,1-6H3,(H2,30,31,33). The van der Waals surface area contributed by atoms with E-state index in [1.165, 1.54) is 16.7 Å². The van der Waals surface area contributed by atoms with E-state index in [-0.39, 0.29) is 10.8 Å². The van der Waals surface area contributed by atoms with Gasteiger partial charge in [0.2, 0.25) is 0 Å². The van der Waals surface area contributed by atoms with Crippen molar-refractivity contribution < 1.29 is 4.74 Å². The molecule has 0 atom stereocenters. The fourth-order valence-electron chi connectivity index (χ4n) is 3.64. The van der Waals surface area contributed by atoms with Crippen molar-refractivity contribution in [2.24, 2.45) is 0 Å². The number of rotatable bonds is 13. The molecule has 0 spiro atoms. The normalized spacial score (nSPS) is 11.8. The summed E-state index contributed by atoms with van der Waals surface area (Å²) in [6.07, 6.45) is 5.19. The van der Waals surface area contributed by atoms with Crippen LogP contribution in [0, 0.1) is 0 Å². The van der Waals surface area contributed by atoms with E-state index in [0.29, 0.717) is 0 Å². The van der Waals surface area contributed by atoms with E-state index in [2.05, 4.69) is 94.6 Å². The van der Waals surface area contributed by atoms with Gasteiger partial charge in [0.15, 0.2) is 5.11 Å². The Hall–Kier alpha value is -2.07. The molecule has 0 aromatic heterocycles. The maximum absolute atomic E-state index is 6.27. The molecule has 0 aliphatic rings. The molecule has 0 aliphatic heterocycles. The maximum Gasteiger partial charge on any atom is 0.166 e. The molecule has 0 saturated carbocycles. The van der Waals surface area contributed by atoms with Gasteiger partial charge in [-0.15, -0.1) is 0 Å². The maximum atomic E-state index is 6.27. The van der Waals surface area contributed by atoms with Gasteiger partial charge < -0.3 is 15.4 Å². The zero-order chi connectivity index (χ0) is 24.3. The second-order valence-electron chi connectivity index (χ2n) is 10.2. The van der Waals surface area contributed by atoms with Gasteiger partial charge in [-0.05, 0) is 72.3 Å². The van der Waals surface area contributed by atoms with E-state index >= 15 is 0 Å². The van der Waals surface area contributed by atoms with E-state index < -0.39 is 0 Å². The average molecular weight is 469 g/mol. The Morgan fingerprint density at radius 3 is 2.18 bits per heavy atom. The minimum Gasteiger partial charge on any atom is -0.493 e. The quantitative estimate of drug-likeness (QED) is 0.247. The topological polar surface area (TPSA) is 33.3 Å². The summed E-state index contributed by atoms with van der Waals surface area (Å²) in [5.41, 5.74) is 4.31. The predicted octanol–water partition coefficient (Wildman–Crippen LogP) is 6.93. The number of thiocarbonyl (C=S) groups is 1. The van der Waals surface area contributed by atoms with Gasteiger partial charge >= 0.3 is 0 Å². The van der Waals surface area contributed by atoms with E-state index in [0.717, 1.165) is 62.7 Å². The number of nitrogens with one attached hydrogen (secondary N) is 2. The van der Waals surface area contributed by atoms with Crippen molar-refractivity contribution in [3.05, 3.63) is 65.2 Å². The van der Waals surface area contributed by atoms with Gasteiger partial charge in [0.1, 0.15) is 5.75 Å². The lowest BCUT2D eigenvalue weighted by atomic mass is 9.76. The minimum atomic E-state index is 0.0916. The van der Waals surface area contributed by atoms with Crippen LogP contribution < -0.4 is 15.4 Å². The van der Waals surface area contributed by atoms with Crippen LogP contribution in [-0.2, 0) is 17.3 Å². The first-order chi connectivity index (χ1) is 15.7. The lowest BCUT2D eigenvalue weighted by Gasteiger charge is -2.30. The van der Waals surface area contributed by atoms with Crippen LogP contribution in [0.4, 0.5) is 0 Å². The van der Waals surface area contributed by atoms with E-state index in [1.54, 1.807) is 0 Å². The first kappa shape index (κ1) is 27.2. The van der Waals surface area contributed by atoms with Gasteiger partial charge in [0, 0.05) is 18.7 Å². The molecule has 0 bridgehead atoms. The molecule has 182 valence electrons. The zero-order valence-electron chi connectivity index (χ0n) is 21.6. The van der Waals surface area contributed by atoms with Gasteiger partial charge in [-0.1, -0.05) is 84.0 Å². The average Bonchev–Trinajstić information content (AvgIpc) is 2.81. The summed E-state index contributed by atoms with van der Waals surface area (Å²) in [4.78, 5) is 0. The summed E-state index contributed by atoms with van der Waals surface area (Å²) in [6.45, 7) is 16.2. The molecule has 0 amide bonds. The Morgan fingerprint density at radius 2 is 1.52 bits per heavy atom. The van der Waals surface area contributed by atoms with Crippen LogP contribution in [0.25, 0.3) is 0 Å². The molecular weight excluding hydrogens is 424 g/mol. The van der Waals surface area contributed by atoms with Crippen LogP contribution >= 0.6 is 12.2 Å². The molecule has 0 fully saturated rings. The third-order valence-electron chi connectivity index (χ3n) is 6.91. The highest BCUT2D eigenvalue weighted by molar-refractivity contribution is 7.80. The minimum absolute atomic E-state index is 0.0916. The smallest absolute Gasteiger partial charge is 0.166 e. The van der Waals surface area contributed by atoms with Gasteiger partial charge in [-0.3, -0.25) is 0 Å². The van der Waals surface area contributed by atoms with Crippen molar-refractivity contribution in [3.63, 3.8) is 0 Å². The van der Waals surface area contributed by atoms with Gasteiger partial charge in [-0.2, -0.15) is 0 Å². The summed E-state index contributed by atoms with van der Waals surface area (Å²) in [6, 6.07) is 17.3. The third kappa shape index (κ3) is 8.66. The molecule has 2 aromatic rings. The van der Waals surface area contributed by atoms with Crippen LogP contribution in [0.15, 0.2) is 48.5 Å². The summed E-state index contributed by atoms with van der Waals surface area (Å²) in [5, 5.41) is 7.33. The van der Waals surface area contributed by atoms with E-state index in [4.69, 9.17) is 17.0 Å². The van der Waals surface area contributed by atoms with Crippen molar-refractivity contribution in [1.29, 1.82) is 0 Å². The van der Waals surface area contributed by atoms with Crippen molar-refractivity contribution >= 4 is 17.3 Å². The van der Waals surface area contributed by atoms with Crippen LogP contribution in [0.5, 0.6) is 5.75 Å². The predicted molar refractivity (Wildman–Crippen MR) is 147 cm³/mol. The van der Waals surface area contributed by atoms with Gasteiger partial charge in [0.05, 0.1) is 6.61 Å². The monoisotopic (exact) mass is 468 g/mol. The summed E-state index contributed by atoms with van der Waals surface area (Å²) in [5.74, 6) is 1.03. The molecule has 0 heterocycles. The number of hydrogen-bond donors (Lipinski definition) is 2. The second-order valence-corrected chi connectivity index (χ2v) is 10.6. The summed E-state index contributed by atoms with van der Waals surface area (Å²) >= 11 is 5.39. The molecule has 2 aromatic carbocycles. The Morgan fingerprint density at radius 1 is 0.848 bits per heavy atom. The molecule has 2 rings (SSSR count). The summed E-state index contributed by atoms with van der Waals surface area (Å²) < 4.78 is 6.27. The third-order valence-corrected chi connectivity index (χ3v) is 7.20. The van der Waals surface area contributed by atoms with E-state index in [1.807, 2.05) is 6.07 Å². The lowest BCUT2D eigenvalue weighted by Crippen LogP contribution is -2.36. The fourth-order valence-corrected chi connectivity index (χ4v) is 3.84. The molecule has 33 heavy (non-hydrogen) atoms. The molecule has 0 unspecified atom stereocenters. The molecule has 4 heteroatoms. The first-order valence-corrected chi connectivity index (χ1v) is 12.9. The van der Waals surface area contributed by atoms with Gasteiger partial charge in [-0.25, -0.2) is 0 Å². The summed E-state index contributed by atoms with van der Waals surface area (Å²) in [7, 11) is 0. The van der Waals surface area contributed by atoms with Crippen LogP contribution in [0.3, 0.4) is 0 Å². The van der Waals surface area contributed by atoms with Crippen LogP contribution in [-0.4, -0.2) is 24.8 Å². The first-order valence-electron chi connectivity index (χ1n) is 12.5. The zero-order valence-corrected chi connectivity index (χ0v) is 22.4. The van der Waals surface area contributed by atoms with Crippen LogP contribution in [0.1, 0.15) is 83.9 Å². The molecule has 0 aliphatic carbocycles. The fraction of sp³-hybridized carbons (Fsp3) is 0.552.